The van der Waals surface area contributed by atoms with Gasteiger partial charge in [-0.3, -0.25) is 14.9 Å². The summed E-state index contributed by atoms with van der Waals surface area (Å²) in [6, 6.07) is 11.2. The number of fused-ring (bicyclic) bond motifs is 1. The van der Waals surface area contributed by atoms with E-state index in [-0.39, 0.29) is 34.9 Å². The molecule has 2 heterocycles. The Morgan fingerprint density at radius 3 is 2.15 bits per heavy atom. The summed E-state index contributed by atoms with van der Waals surface area (Å²) in [4.78, 5) is 48.0. The van der Waals surface area contributed by atoms with Crippen LogP contribution in [0.25, 0.3) is 0 Å². The highest BCUT2D eigenvalue weighted by atomic mass is 16.5. The number of hydrogen-bond acceptors (Lipinski definition) is 12. The number of aromatic hydroxyl groups is 1. The van der Waals surface area contributed by atoms with Crippen molar-refractivity contribution in [2.24, 2.45) is 0 Å². The van der Waals surface area contributed by atoms with E-state index in [1.165, 1.54) is 12.1 Å². The number of aromatic nitrogens is 3. The van der Waals surface area contributed by atoms with Gasteiger partial charge in [-0.05, 0) is 55.8 Å². The van der Waals surface area contributed by atoms with E-state index in [4.69, 9.17) is 9.47 Å². The topological polar surface area (TPSA) is 177 Å². The van der Waals surface area contributed by atoms with Crippen LogP contribution in [0.3, 0.4) is 0 Å². The molecule has 0 saturated carbocycles. The number of anilines is 5. The summed E-state index contributed by atoms with van der Waals surface area (Å²) in [6.07, 6.45) is 1.21. The van der Waals surface area contributed by atoms with Crippen molar-refractivity contribution in [3.8, 4) is 5.75 Å². The van der Waals surface area contributed by atoms with Crippen LogP contribution in [0.1, 0.15) is 40.5 Å². The second-order valence-electron chi connectivity index (χ2n) is 8.60. The third-order valence-corrected chi connectivity index (χ3v) is 5.47. The Bertz CT molecular complexity index is 1330. The first-order valence-electron chi connectivity index (χ1n) is 12.3. The fourth-order valence-corrected chi connectivity index (χ4v) is 3.60. The van der Waals surface area contributed by atoms with Crippen molar-refractivity contribution in [2.45, 2.75) is 19.8 Å². The van der Waals surface area contributed by atoms with Crippen LogP contribution >= 0.6 is 0 Å². The molecule has 13 heteroatoms. The molecule has 13 nitrogen and oxygen atoms in total. The van der Waals surface area contributed by atoms with Gasteiger partial charge >= 0.3 is 0 Å². The molecule has 2 aromatic carbocycles. The number of nitrogens with zero attached hydrogens (tertiary/aromatic N) is 3. The van der Waals surface area contributed by atoms with Crippen molar-refractivity contribution in [1.29, 1.82) is 0 Å². The molecule has 1 aliphatic heterocycles. The van der Waals surface area contributed by atoms with Crippen LogP contribution < -0.4 is 21.3 Å². The molecule has 0 atom stereocenters. The van der Waals surface area contributed by atoms with E-state index in [9.17, 15) is 19.5 Å². The Morgan fingerprint density at radius 2 is 1.44 bits per heavy atom. The number of ketones is 1. The largest absolute Gasteiger partial charge is 0.508 e. The van der Waals surface area contributed by atoms with Gasteiger partial charge in [0.2, 0.25) is 17.8 Å². The minimum absolute atomic E-state index is 0.126. The predicted molar refractivity (Wildman–Crippen MR) is 143 cm³/mol. The lowest BCUT2D eigenvalue weighted by molar-refractivity contribution is -0.117. The molecule has 0 radical (unpaired) electrons. The lowest BCUT2D eigenvalue weighted by Gasteiger charge is -2.12. The van der Waals surface area contributed by atoms with E-state index in [1.54, 1.807) is 37.3 Å². The summed E-state index contributed by atoms with van der Waals surface area (Å²) < 4.78 is 11.0. The minimum Gasteiger partial charge on any atom is -0.508 e. The Morgan fingerprint density at radius 1 is 0.821 bits per heavy atom. The van der Waals surface area contributed by atoms with Gasteiger partial charge in [0.15, 0.2) is 0 Å². The Kier molecular flexibility index (Phi) is 9.32. The molecule has 1 aliphatic rings. The molecule has 5 N–H and O–H groups in total. The number of carbonyl (C=O) groups excluding carboxylic acids is 3. The maximum atomic E-state index is 12.0. The number of Topliss-reactive ketones (excluding diaryl/α,β-unsaturated/α-hetero) is 1. The Hall–Kier alpha value is -4.62. The summed E-state index contributed by atoms with van der Waals surface area (Å²) in [5.41, 5.74) is 1.73. The molecule has 0 aliphatic carbocycles. The fourth-order valence-electron chi connectivity index (χ4n) is 3.60. The lowest BCUT2D eigenvalue weighted by atomic mass is 10.1. The molecule has 204 valence electrons. The predicted octanol–water partition coefficient (Wildman–Crippen LogP) is 2.76. The summed E-state index contributed by atoms with van der Waals surface area (Å²) in [5.74, 6) is 0.0692. The second kappa shape index (κ2) is 13.3. The number of nitrogens with one attached hydrogen (secondary N) is 4. The van der Waals surface area contributed by atoms with Crippen molar-refractivity contribution in [2.75, 3.05) is 48.9 Å². The zero-order valence-electron chi connectivity index (χ0n) is 21.3. The maximum Gasteiger partial charge on any atom is 0.259 e. The Balaban J connectivity index is 1.37. The smallest absolute Gasteiger partial charge is 0.259 e. The number of phenols is 1. The molecule has 4 rings (SSSR count). The van der Waals surface area contributed by atoms with Crippen molar-refractivity contribution in [3.63, 3.8) is 0 Å². The highest BCUT2D eigenvalue weighted by molar-refractivity contribution is 6.21. The minimum atomic E-state index is -0.465. The molecule has 1 aromatic heterocycles. The van der Waals surface area contributed by atoms with Crippen LogP contribution in [0.5, 0.6) is 5.75 Å². The van der Waals surface area contributed by atoms with Crippen LogP contribution in [-0.4, -0.2) is 70.6 Å². The van der Waals surface area contributed by atoms with Crippen LogP contribution in [0, 0.1) is 0 Å². The number of benzene rings is 2. The van der Waals surface area contributed by atoms with E-state index < -0.39 is 11.8 Å². The van der Waals surface area contributed by atoms with Crippen LogP contribution in [-0.2, 0) is 14.3 Å². The molecule has 0 unspecified atom stereocenters. The number of phenolic OH excluding ortho intramolecular Hbond substituents is 1. The number of carbonyl (C=O) groups is 3. The first-order valence-corrected chi connectivity index (χ1v) is 12.3. The van der Waals surface area contributed by atoms with Crippen molar-refractivity contribution < 1.29 is 29.0 Å². The van der Waals surface area contributed by atoms with E-state index >= 15 is 0 Å². The van der Waals surface area contributed by atoms with Crippen molar-refractivity contribution >= 4 is 46.8 Å². The monoisotopic (exact) mass is 535 g/mol. The second-order valence-corrected chi connectivity index (χ2v) is 8.60. The third kappa shape index (κ3) is 8.18. The van der Waals surface area contributed by atoms with E-state index in [0.29, 0.717) is 62.8 Å². The SMILES string of the molecule is CC(=O)CCCOCCOCCNc1nc(Nc2ccc(O)cc2)nc(Nc2ccc3c(c2)C(=O)NC3=O)n1. The van der Waals surface area contributed by atoms with Crippen LogP contribution in [0.15, 0.2) is 42.5 Å². The van der Waals surface area contributed by atoms with Gasteiger partial charge in [-0.2, -0.15) is 15.0 Å². The zero-order valence-corrected chi connectivity index (χ0v) is 21.3. The maximum absolute atomic E-state index is 12.0. The molecule has 0 saturated heterocycles. The summed E-state index contributed by atoms with van der Waals surface area (Å²) in [6.45, 7) is 3.71. The molecular formula is C26H29N7O6. The van der Waals surface area contributed by atoms with Crippen LogP contribution in [0.4, 0.5) is 29.2 Å². The first-order chi connectivity index (χ1) is 18.9. The number of ether oxygens (including phenoxy) is 2. The standard InChI is InChI=1S/C26H29N7O6/c1-16(34)3-2-11-38-13-14-39-12-10-27-24-31-25(28-17-4-7-19(35)8-5-17)33-26(32-24)29-18-6-9-20-21(15-18)23(37)30-22(20)36/h4-9,15,35H,2-3,10-14H2,1H3,(H,30,36,37)(H3,27,28,29,31,32,33). The van der Waals surface area contributed by atoms with E-state index in [2.05, 4.69) is 36.2 Å². The van der Waals surface area contributed by atoms with Gasteiger partial charge in [0, 0.05) is 30.9 Å². The lowest BCUT2D eigenvalue weighted by Crippen LogP contribution is -2.19. The molecule has 39 heavy (non-hydrogen) atoms. The van der Waals surface area contributed by atoms with Crippen molar-refractivity contribution in [3.05, 3.63) is 53.6 Å². The number of hydrogen-bond donors (Lipinski definition) is 5. The first kappa shape index (κ1) is 27.4. The van der Waals surface area contributed by atoms with Gasteiger partial charge in [-0.15, -0.1) is 0 Å². The van der Waals surface area contributed by atoms with Crippen molar-refractivity contribution in [1.82, 2.24) is 20.3 Å². The quantitative estimate of drug-likeness (QED) is 0.109. The zero-order chi connectivity index (χ0) is 27.6. The number of rotatable bonds is 15. The molecule has 0 spiro atoms. The number of imide groups is 1. The van der Waals surface area contributed by atoms with Crippen LogP contribution in [0.2, 0.25) is 0 Å². The molecular weight excluding hydrogens is 506 g/mol. The highest BCUT2D eigenvalue weighted by Crippen LogP contribution is 2.24. The summed E-state index contributed by atoms with van der Waals surface area (Å²) in [5, 5.41) is 21.0. The molecule has 3 aromatic rings. The van der Waals surface area contributed by atoms with Gasteiger partial charge in [0.1, 0.15) is 11.5 Å². The molecule has 2 amide bonds. The van der Waals surface area contributed by atoms with E-state index in [1.807, 2.05) is 0 Å². The van der Waals surface area contributed by atoms with Gasteiger partial charge in [0.25, 0.3) is 11.8 Å². The normalized spacial score (nSPS) is 12.1. The Labute approximate surface area is 224 Å². The molecule has 0 fully saturated rings. The average Bonchev–Trinajstić information content (AvgIpc) is 3.18. The van der Waals surface area contributed by atoms with E-state index in [0.717, 1.165) is 0 Å². The van der Waals surface area contributed by atoms with Gasteiger partial charge in [-0.25, -0.2) is 0 Å². The van der Waals surface area contributed by atoms with Gasteiger partial charge < -0.3 is 35.3 Å². The average molecular weight is 536 g/mol. The summed E-state index contributed by atoms with van der Waals surface area (Å²) >= 11 is 0. The van der Waals surface area contributed by atoms with Gasteiger partial charge in [0.05, 0.1) is 30.9 Å². The fraction of sp³-hybridized carbons (Fsp3) is 0.308. The number of amides is 2. The highest BCUT2D eigenvalue weighted by Gasteiger charge is 2.26. The van der Waals surface area contributed by atoms with Gasteiger partial charge in [-0.1, -0.05) is 0 Å². The summed E-state index contributed by atoms with van der Waals surface area (Å²) in [7, 11) is 0. The molecule has 0 bridgehead atoms. The third-order valence-electron chi connectivity index (χ3n) is 5.47.